The van der Waals surface area contributed by atoms with Crippen LogP contribution in [-0.4, -0.2) is 13.4 Å². The van der Waals surface area contributed by atoms with E-state index in [9.17, 15) is 4.79 Å². The fourth-order valence-electron chi connectivity index (χ4n) is 1.75. The van der Waals surface area contributed by atoms with Gasteiger partial charge in [0, 0.05) is 11.1 Å². The Hall–Kier alpha value is -2.60. The SMILES string of the molecule is COc1ccc([C]=O)cc1-c1cccc(C#N)c1. The molecule has 2 rings (SSSR count). The minimum Gasteiger partial charge on any atom is -0.496 e. The van der Waals surface area contributed by atoms with E-state index in [2.05, 4.69) is 6.07 Å². The van der Waals surface area contributed by atoms with Crippen molar-refractivity contribution in [1.29, 1.82) is 5.26 Å². The van der Waals surface area contributed by atoms with Crippen LogP contribution >= 0.6 is 0 Å². The lowest BCUT2D eigenvalue weighted by Gasteiger charge is -2.09. The summed E-state index contributed by atoms with van der Waals surface area (Å²) in [4.78, 5) is 10.7. The van der Waals surface area contributed by atoms with Gasteiger partial charge in [-0.3, -0.25) is 4.79 Å². The highest BCUT2D eigenvalue weighted by Gasteiger charge is 2.07. The summed E-state index contributed by atoms with van der Waals surface area (Å²) in [5.41, 5.74) is 2.63. The first-order chi connectivity index (χ1) is 8.78. The zero-order chi connectivity index (χ0) is 13.0. The predicted octanol–water partition coefficient (Wildman–Crippen LogP) is 2.69. The Morgan fingerprint density at radius 1 is 1.11 bits per heavy atom. The van der Waals surface area contributed by atoms with Crippen molar-refractivity contribution in [3.63, 3.8) is 0 Å². The Balaban J connectivity index is 2.61. The second-order valence-corrected chi connectivity index (χ2v) is 3.71. The van der Waals surface area contributed by atoms with Crippen molar-refractivity contribution in [2.24, 2.45) is 0 Å². The van der Waals surface area contributed by atoms with Crippen molar-refractivity contribution >= 4 is 6.29 Å². The first kappa shape index (κ1) is 11.9. The molecule has 0 atom stereocenters. The van der Waals surface area contributed by atoms with Gasteiger partial charge >= 0.3 is 0 Å². The average molecular weight is 236 g/mol. The van der Waals surface area contributed by atoms with Gasteiger partial charge in [-0.15, -0.1) is 0 Å². The molecule has 0 aliphatic carbocycles. The zero-order valence-electron chi connectivity index (χ0n) is 9.81. The topological polar surface area (TPSA) is 50.1 Å². The van der Waals surface area contributed by atoms with E-state index in [4.69, 9.17) is 10.00 Å². The number of rotatable bonds is 3. The van der Waals surface area contributed by atoms with E-state index in [1.165, 1.54) is 0 Å². The van der Waals surface area contributed by atoms with Gasteiger partial charge in [0.25, 0.3) is 0 Å². The van der Waals surface area contributed by atoms with Gasteiger partial charge in [-0.25, -0.2) is 0 Å². The smallest absolute Gasteiger partial charge is 0.233 e. The minimum absolute atomic E-state index is 0.452. The van der Waals surface area contributed by atoms with E-state index in [0.29, 0.717) is 16.9 Å². The van der Waals surface area contributed by atoms with Gasteiger partial charge in [-0.1, -0.05) is 12.1 Å². The molecule has 0 aromatic heterocycles. The van der Waals surface area contributed by atoms with Crippen LogP contribution in [0.3, 0.4) is 0 Å². The minimum atomic E-state index is 0.452. The number of carbonyl (C=O) groups excluding carboxylic acids is 1. The van der Waals surface area contributed by atoms with Crippen LogP contribution in [0.4, 0.5) is 0 Å². The van der Waals surface area contributed by atoms with Gasteiger partial charge in [0.1, 0.15) is 5.75 Å². The summed E-state index contributed by atoms with van der Waals surface area (Å²) >= 11 is 0. The third-order valence-corrected chi connectivity index (χ3v) is 2.62. The van der Waals surface area contributed by atoms with Gasteiger partial charge in [0.2, 0.25) is 6.29 Å². The molecule has 0 aliphatic heterocycles. The molecule has 2 aromatic carbocycles. The average Bonchev–Trinajstić information content (AvgIpc) is 2.46. The lowest BCUT2D eigenvalue weighted by Crippen LogP contribution is -1.91. The number of methoxy groups -OCH3 is 1. The molecular weight excluding hydrogens is 226 g/mol. The van der Waals surface area contributed by atoms with Crippen LogP contribution in [0, 0.1) is 11.3 Å². The number of nitriles is 1. The van der Waals surface area contributed by atoms with Gasteiger partial charge in [0.05, 0.1) is 18.7 Å². The van der Waals surface area contributed by atoms with E-state index >= 15 is 0 Å². The highest BCUT2D eigenvalue weighted by atomic mass is 16.5. The molecule has 87 valence electrons. The Morgan fingerprint density at radius 2 is 1.94 bits per heavy atom. The zero-order valence-corrected chi connectivity index (χ0v) is 9.81. The third kappa shape index (κ3) is 2.23. The molecule has 0 amide bonds. The van der Waals surface area contributed by atoms with Crippen LogP contribution in [0.15, 0.2) is 42.5 Å². The van der Waals surface area contributed by atoms with Crippen LogP contribution in [0.2, 0.25) is 0 Å². The van der Waals surface area contributed by atoms with Crippen molar-refractivity contribution in [3.8, 4) is 22.9 Å². The maximum absolute atomic E-state index is 10.7. The summed E-state index contributed by atoms with van der Waals surface area (Å²) in [7, 11) is 1.57. The first-order valence-corrected chi connectivity index (χ1v) is 5.35. The van der Waals surface area contributed by atoms with Crippen molar-refractivity contribution in [3.05, 3.63) is 53.6 Å². The van der Waals surface area contributed by atoms with E-state index in [-0.39, 0.29) is 0 Å². The Morgan fingerprint density at radius 3 is 2.61 bits per heavy atom. The number of nitrogens with zero attached hydrogens (tertiary/aromatic N) is 1. The Bertz CT molecular complexity index is 627. The molecule has 0 spiro atoms. The Kier molecular flexibility index (Phi) is 3.40. The van der Waals surface area contributed by atoms with Crippen molar-refractivity contribution in [2.45, 2.75) is 0 Å². The van der Waals surface area contributed by atoms with Crippen LogP contribution < -0.4 is 4.74 Å². The largest absolute Gasteiger partial charge is 0.496 e. The van der Waals surface area contributed by atoms with Gasteiger partial charge in [0.15, 0.2) is 0 Å². The summed E-state index contributed by atoms with van der Waals surface area (Å²) in [5.74, 6) is 0.657. The molecule has 3 nitrogen and oxygen atoms in total. The molecule has 0 N–H and O–H groups in total. The monoisotopic (exact) mass is 236 g/mol. The molecular formula is C15H10NO2. The molecule has 0 aliphatic rings. The standard InChI is InChI=1S/C15H10NO2/c1-18-15-6-5-12(10-17)8-14(15)13-4-2-3-11(7-13)9-16/h2-8H,1H3. The number of hydrogen-bond donors (Lipinski definition) is 0. The summed E-state index contributed by atoms with van der Waals surface area (Å²) in [6.45, 7) is 0. The quantitative estimate of drug-likeness (QED) is 0.823. The van der Waals surface area contributed by atoms with E-state index in [1.807, 2.05) is 12.4 Å². The second kappa shape index (κ2) is 5.15. The van der Waals surface area contributed by atoms with Crippen molar-refractivity contribution in [2.75, 3.05) is 7.11 Å². The summed E-state index contributed by atoms with van der Waals surface area (Å²) in [6, 6.07) is 14.3. The van der Waals surface area contributed by atoms with E-state index in [1.54, 1.807) is 43.5 Å². The second-order valence-electron chi connectivity index (χ2n) is 3.71. The molecule has 0 unspecified atom stereocenters. The molecule has 0 bridgehead atoms. The summed E-state index contributed by atoms with van der Waals surface area (Å²) in [6.07, 6.45) is 1.85. The predicted molar refractivity (Wildman–Crippen MR) is 67.9 cm³/mol. The lowest BCUT2D eigenvalue weighted by atomic mass is 10.0. The number of ether oxygens (including phenoxy) is 1. The fourth-order valence-corrected chi connectivity index (χ4v) is 1.75. The van der Waals surface area contributed by atoms with Crippen molar-refractivity contribution < 1.29 is 9.53 Å². The highest BCUT2D eigenvalue weighted by Crippen LogP contribution is 2.30. The van der Waals surface area contributed by atoms with Gasteiger partial charge in [-0.2, -0.15) is 5.26 Å². The molecule has 2 aromatic rings. The van der Waals surface area contributed by atoms with E-state index in [0.717, 1.165) is 11.1 Å². The van der Waals surface area contributed by atoms with Gasteiger partial charge in [-0.05, 0) is 35.9 Å². The van der Waals surface area contributed by atoms with Crippen LogP contribution in [0.1, 0.15) is 11.1 Å². The lowest BCUT2D eigenvalue weighted by molar-refractivity contribution is 0.416. The molecule has 0 heterocycles. The Labute approximate surface area is 105 Å². The summed E-state index contributed by atoms with van der Waals surface area (Å²) in [5, 5.41) is 8.89. The van der Waals surface area contributed by atoms with Gasteiger partial charge < -0.3 is 4.74 Å². The normalized spacial score (nSPS) is 9.56. The number of benzene rings is 2. The molecule has 0 saturated carbocycles. The third-order valence-electron chi connectivity index (χ3n) is 2.62. The van der Waals surface area contributed by atoms with Crippen LogP contribution in [0.5, 0.6) is 5.75 Å². The fraction of sp³-hybridized carbons (Fsp3) is 0.0667. The van der Waals surface area contributed by atoms with Crippen LogP contribution in [-0.2, 0) is 4.79 Å². The number of hydrogen-bond acceptors (Lipinski definition) is 3. The van der Waals surface area contributed by atoms with E-state index < -0.39 is 0 Å². The molecule has 0 saturated heterocycles. The molecule has 1 radical (unpaired) electrons. The summed E-state index contributed by atoms with van der Waals surface area (Å²) < 4.78 is 5.26. The molecule has 0 fully saturated rings. The highest BCUT2D eigenvalue weighted by molar-refractivity contribution is 5.82. The molecule has 18 heavy (non-hydrogen) atoms. The van der Waals surface area contributed by atoms with Crippen molar-refractivity contribution in [1.82, 2.24) is 0 Å². The first-order valence-electron chi connectivity index (χ1n) is 5.35. The van der Waals surface area contributed by atoms with Crippen LogP contribution in [0.25, 0.3) is 11.1 Å². The molecule has 3 heteroatoms. The maximum Gasteiger partial charge on any atom is 0.233 e. The maximum atomic E-state index is 10.7.